The number of hydrogen-bond donors (Lipinski definition) is 1. The van der Waals surface area contributed by atoms with E-state index in [9.17, 15) is 4.79 Å². The summed E-state index contributed by atoms with van der Waals surface area (Å²) in [5.74, 6) is 1.68. The van der Waals surface area contributed by atoms with Crippen LogP contribution in [0.5, 0.6) is 0 Å². The van der Waals surface area contributed by atoms with Crippen LogP contribution in [0.15, 0.2) is 96.2 Å². The molecule has 35 heavy (non-hydrogen) atoms. The average molecular weight is 460 g/mol. The minimum Gasteiger partial charge on any atom is -0.329 e. The van der Waals surface area contributed by atoms with Crippen molar-refractivity contribution in [1.29, 1.82) is 0 Å². The van der Waals surface area contributed by atoms with Crippen molar-refractivity contribution in [2.75, 3.05) is 5.32 Å². The van der Waals surface area contributed by atoms with E-state index in [1.165, 1.54) is 11.1 Å². The zero-order chi connectivity index (χ0) is 23.9. The van der Waals surface area contributed by atoms with Gasteiger partial charge in [0, 0.05) is 17.7 Å². The summed E-state index contributed by atoms with van der Waals surface area (Å²) in [4.78, 5) is 18.6. The Labute approximate surface area is 206 Å². The molecule has 1 aliphatic heterocycles. The van der Waals surface area contributed by atoms with Gasteiger partial charge in [0.25, 0.3) is 0 Å². The zero-order valence-electron chi connectivity index (χ0n) is 20.1. The summed E-state index contributed by atoms with van der Waals surface area (Å²) in [6.45, 7) is 4.41. The molecule has 1 N–H and O–H groups in total. The van der Waals surface area contributed by atoms with E-state index in [0.717, 1.165) is 40.2 Å². The van der Waals surface area contributed by atoms with E-state index in [4.69, 9.17) is 4.98 Å². The Bertz CT molecular complexity index is 1460. The lowest BCUT2D eigenvalue weighted by Gasteiger charge is -2.35. The third-order valence-electron chi connectivity index (χ3n) is 7.29. The lowest BCUT2D eigenvalue weighted by atomic mass is 9.78. The van der Waals surface area contributed by atoms with Gasteiger partial charge < -0.3 is 5.32 Å². The molecule has 0 radical (unpaired) electrons. The molecule has 6 rings (SSSR count). The van der Waals surface area contributed by atoms with Gasteiger partial charge in [0.15, 0.2) is 5.78 Å². The Morgan fingerprint density at radius 2 is 1.69 bits per heavy atom. The van der Waals surface area contributed by atoms with Crippen molar-refractivity contribution in [2.24, 2.45) is 0 Å². The van der Waals surface area contributed by atoms with E-state index >= 15 is 0 Å². The highest BCUT2D eigenvalue weighted by Crippen LogP contribution is 2.44. The van der Waals surface area contributed by atoms with Crippen molar-refractivity contribution in [3.05, 3.63) is 113 Å². The van der Waals surface area contributed by atoms with Gasteiger partial charge in [-0.1, -0.05) is 92.7 Å². The maximum atomic E-state index is 13.7. The van der Waals surface area contributed by atoms with Crippen molar-refractivity contribution in [3.63, 3.8) is 0 Å². The van der Waals surface area contributed by atoms with Crippen molar-refractivity contribution in [3.8, 4) is 0 Å². The van der Waals surface area contributed by atoms with E-state index in [2.05, 4.69) is 78.3 Å². The lowest BCUT2D eigenvalue weighted by Crippen LogP contribution is -2.31. The van der Waals surface area contributed by atoms with E-state index in [0.29, 0.717) is 12.3 Å². The molecule has 2 unspecified atom stereocenters. The predicted molar refractivity (Wildman–Crippen MR) is 142 cm³/mol. The van der Waals surface area contributed by atoms with Crippen LogP contribution >= 0.6 is 0 Å². The topological polar surface area (TPSA) is 46.9 Å². The summed E-state index contributed by atoms with van der Waals surface area (Å²) in [5, 5.41) is 3.55. The molecule has 2 atom stereocenters. The molecule has 4 heteroatoms. The van der Waals surface area contributed by atoms with Crippen molar-refractivity contribution < 1.29 is 4.79 Å². The number of aromatic nitrogens is 2. The van der Waals surface area contributed by atoms with E-state index in [-0.39, 0.29) is 17.7 Å². The van der Waals surface area contributed by atoms with E-state index in [1.54, 1.807) is 0 Å². The van der Waals surface area contributed by atoms with Crippen molar-refractivity contribution >= 4 is 28.8 Å². The number of carbonyl (C=O) groups excluding carboxylic acids is 1. The van der Waals surface area contributed by atoms with Gasteiger partial charge in [-0.25, -0.2) is 4.98 Å². The van der Waals surface area contributed by atoms with Gasteiger partial charge >= 0.3 is 0 Å². The number of para-hydroxylation sites is 2. The monoisotopic (exact) mass is 459 g/mol. The summed E-state index contributed by atoms with van der Waals surface area (Å²) in [6.07, 6.45) is 5.60. The summed E-state index contributed by atoms with van der Waals surface area (Å²) in [6, 6.07) is 27.0. The molecule has 4 aromatic rings. The smallest absolute Gasteiger partial charge is 0.209 e. The number of Topliss-reactive ketones (excluding diaryl/α,β-unsaturated/α-hetero) is 1. The van der Waals surface area contributed by atoms with Crippen molar-refractivity contribution in [1.82, 2.24) is 9.55 Å². The Balaban J connectivity index is 1.42. The summed E-state index contributed by atoms with van der Waals surface area (Å²) >= 11 is 0. The number of benzene rings is 3. The second kappa shape index (κ2) is 8.70. The molecule has 174 valence electrons. The van der Waals surface area contributed by atoms with Crippen LogP contribution in [0.25, 0.3) is 17.1 Å². The number of anilines is 1. The molecule has 0 spiro atoms. The van der Waals surface area contributed by atoms with Crippen LogP contribution in [0.2, 0.25) is 0 Å². The quantitative estimate of drug-likeness (QED) is 0.350. The number of rotatable bonds is 4. The molecule has 0 fully saturated rings. The minimum absolute atomic E-state index is 0.171. The SMILES string of the molecule is CC(C)c1ccc(C2CC(=O)C3=C(C2)Nc2nc4ccccc4n2C3C=Cc2ccccc2)cc1. The predicted octanol–water partition coefficient (Wildman–Crippen LogP) is 7.24. The van der Waals surface area contributed by atoms with Crippen LogP contribution in [-0.4, -0.2) is 15.3 Å². The number of allylic oxidation sites excluding steroid dienone is 3. The van der Waals surface area contributed by atoms with Gasteiger partial charge in [0.1, 0.15) is 0 Å². The molecule has 0 saturated heterocycles. The van der Waals surface area contributed by atoms with Crippen LogP contribution in [0, 0.1) is 0 Å². The number of nitrogens with zero attached hydrogens (tertiary/aromatic N) is 2. The molecule has 0 saturated carbocycles. The Morgan fingerprint density at radius 1 is 0.943 bits per heavy atom. The fourth-order valence-corrected chi connectivity index (χ4v) is 5.41. The number of ketones is 1. The molecule has 0 amide bonds. The first-order valence-electron chi connectivity index (χ1n) is 12.4. The van der Waals surface area contributed by atoms with E-state index < -0.39 is 0 Å². The summed E-state index contributed by atoms with van der Waals surface area (Å²) in [5.41, 5.74) is 7.50. The Morgan fingerprint density at radius 3 is 2.46 bits per heavy atom. The summed E-state index contributed by atoms with van der Waals surface area (Å²) < 4.78 is 2.17. The number of nitrogens with one attached hydrogen (secondary N) is 1. The first-order valence-corrected chi connectivity index (χ1v) is 12.4. The first-order chi connectivity index (χ1) is 17.1. The molecule has 0 bridgehead atoms. The fraction of sp³-hybridized carbons (Fsp3) is 0.226. The Hall–Kier alpha value is -3.92. The molecule has 4 nitrogen and oxygen atoms in total. The lowest BCUT2D eigenvalue weighted by molar-refractivity contribution is -0.116. The largest absolute Gasteiger partial charge is 0.329 e. The molecular weight excluding hydrogens is 430 g/mol. The highest BCUT2D eigenvalue weighted by Gasteiger charge is 2.37. The Kier molecular flexibility index (Phi) is 5.37. The molecule has 3 aromatic carbocycles. The molecule has 1 aromatic heterocycles. The van der Waals surface area contributed by atoms with Gasteiger partial charge in [0.2, 0.25) is 5.95 Å². The van der Waals surface area contributed by atoms with Crippen LogP contribution in [-0.2, 0) is 4.79 Å². The first kappa shape index (κ1) is 21.6. The highest BCUT2D eigenvalue weighted by molar-refractivity contribution is 6.01. The van der Waals surface area contributed by atoms with Gasteiger partial charge in [0.05, 0.1) is 17.1 Å². The maximum Gasteiger partial charge on any atom is 0.209 e. The van der Waals surface area contributed by atoms with E-state index in [1.807, 2.05) is 36.4 Å². The number of imidazole rings is 1. The normalized spacial score (nSPS) is 19.8. The second-order valence-corrected chi connectivity index (χ2v) is 9.88. The van der Waals surface area contributed by atoms with Crippen LogP contribution in [0.3, 0.4) is 0 Å². The standard InChI is InChI=1S/C31H29N3O/c1-20(2)22-13-15-23(16-14-22)24-18-26-30(29(35)19-24)28(17-12-21-8-4-3-5-9-21)34-27-11-7-6-10-25(27)32-31(34)33-26/h3-17,20,24,28H,18-19H2,1-2H3,(H,32,33). The zero-order valence-corrected chi connectivity index (χ0v) is 20.1. The molecule has 2 heterocycles. The van der Waals surface area contributed by atoms with Gasteiger partial charge in [-0.05, 0) is 47.1 Å². The minimum atomic E-state index is -0.189. The van der Waals surface area contributed by atoms with Crippen LogP contribution in [0.1, 0.15) is 61.3 Å². The second-order valence-electron chi connectivity index (χ2n) is 9.88. The van der Waals surface area contributed by atoms with Gasteiger partial charge in [-0.3, -0.25) is 9.36 Å². The van der Waals surface area contributed by atoms with Gasteiger partial charge in [-0.2, -0.15) is 0 Å². The molecule has 1 aliphatic carbocycles. The highest BCUT2D eigenvalue weighted by atomic mass is 16.1. The van der Waals surface area contributed by atoms with Crippen molar-refractivity contribution in [2.45, 2.75) is 44.6 Å². The fourth-order valence-electron chi connectivity index (χ4n) is 5.41. The third kappa shape index (κ3) is 3.89. The molecule has 2 aliphatic rings. The van der Waals surface area contributed by atoms with Gasteiger partial charge in [-0.15, -0.1) is 0 Å². The summed E-state index contributed by atoms with van der Waals surface area (Å²) in [7, 11) is 0. The average Bonchev–Trinajstić information content (AvgIpc) is 3.25. The maximum absolute atomic E-state index is 13.7. The third-order valence-corrected chi connectivity index (χ3v) is 7.29. The number of fused-ring (bicyclic) bond motifs is 3. The molecular formula is C31H29N3O. The van der Waals surface area contributed by atoms with Crippen LogP contribution < -0.4 is 5.32 Å². The number of carbonyl (C=O) groups is 1. The van der Waals surface area contributed by atoms with Crippen LogP contribution in [0.4, 0.5) is 5.95 Å². The number of hydrogen-bond acceptors (Lipinski definition) is 3.